The van der Waals surface area contributed by atoms with E-state index < -0.39 is 0 Å². The molecule has 1 aromatic heterocycles. The highest BCUT2D eigenvalue weighted by molar-refractivity contribution is 5.97. The van der Waals surface area contributed by atoms with Crippen molar-refractivity contribution in [2.75, 3.05) is 31.1 Å². The van der Waals surface area contributed by atoms with E-state index in [9.17, 15) is 9.59 Å². The summed E-state index contributed by atoms with van der Waals surface area (Å²) in [5, 5.41) is 0.902. The van der Waals surface area contributed by atoms with Crippen molar-refractivity contribution in [3.05, 3.63) is 75.1 Å². The van der Waals surface area contributed by atoms with Crippen LogP contribution in [0, 0.1) is 20.8 Å². The molecule has 3 aromatic rings. The van der Waals surface area contributed by atoms with Crippen LogP contribution in [0.3, 0.4) is 0 Å². The molecule has 28 heavy (non-hydrogen) atoms. The quantitative estimate of drug-likeness (QED) is 0.747. The second-order valence-corrected chi connectivity index (χ2v) is 7.68. The molecule has 144 valence electrons. The van der Waals surface area contributed by atoms with Gasteiger partial charge in [0.05, 0.1) is 5.52 Å². The first-order chi connectivity index (χ1) is 13.4. The van der Waals surface area contributed by atoms with E-state index in [2.05, 4.69) is 41.1 Å². The van der Waals surface area contributed by atoms with Crippen molar-refractivity contribution in [3.63, 3.8) is 0 Å². The number of piperazine rings is 1. The average molecular weight is 375 g/mol. The predicted octanol–water partition coefficient (Wildman–Crippen LogP) is 3.42. The number of benzene rings is 2. The monoisotopic (exact) mass is 375 g/mol. The number of hydrogen-bond donors (Lipinski definition) is 1. The van der Waals surface area contributed by atoms with Gasteiger partial charge in [0.2, 0.25) is 0 Å². The highest BCUT2D eigenvalue weighted by atomic mass is 16.2. The van der Waals surface area contributed by atoms with Gasteiger partial charge in [-0.05, 0) is 61.5 Å². The fourth-order valence-corrected chi connectivity index (χ4v) is 4.01. The molecule has 0 aliphatic carbocycles. The zero-order chi connectivity index (χ0) is 19.8. The molecule has 0 unspecified atom stereocenters. The van der Waals surface area contributed by atoms with Gasteiger partial charge in [-0.25, -0.2) is 0 Å². The summed E-state index contributed by atoms with van der Waals surface area (Å²) >= 11 is 0. The van der Waals surface area contributed by atoms with E-state index in [-0.39, 0.29) is 17.0 Å². The van der Waals surface area contributed by atoms with Crippen LogP contribution in [0.2, 0.25) is 0 Å². The third-order valence-electron chi connectivity index (χ3n) is 5.46. The Kier molecular flexibility index (Phi) is 4.67. The van der Waals surface area contributed by atoms with Crippen LogP contribution in [0.1, 0.15) is 27.0 Å². The Bertz CT molecular complexity index is 1110. The molecule has 2 aromatic carbocycles. The Labute approximate surface area is 164 Å². The van der Waals surface area contributed by atoms with Crippen LogP contribution in [-0.2, 0) is 0 Å². The summed E-state index contributed by atoms with van der Waals surface area (Å²) in [6.07, 6.45) is 0. The maximum absolute atomic E-state index is 13.0. The number of amides is 1. The third-order valence-corrected chi connectivity index (χ3v) is 5.46. The van der Waals surface area contributed by atoms with Crippen molar-refractivity contribution >= 4 is 22.5 Å². The number of carbonyl (C=O) groups is 1. The Hall–Kier alpha value is -3.08. The van der Waals surface area contributed by atoms with E-state index in [1.165, 1.54) is 11.3 Å². The van der Waals surface area contributed by atoms with Gasteiger partial charge >= 0.3 is 0 Å². The molecule has 0 radical (unpaired) electrons. The molecule has 1 saturated heterocycles. The minimum Gasteiger partial charge on any atom is -0.368 e. The third kappa shape index (κ3) is 3.40. The molecular weight excluding hydrogens is 350 g/mol. The number of aromatic nitrogens is 1. The summed E-state index contributed by atoms with van der Waals surface area (Å²) < 4.78 is 0. The zero-order valence-corrected chi connectivity index (χ0v) is 16.6. The van der Waals surface area contributed by atoms with Crippen LogP contribution in [0.4, 0.5) is 5.69 Å². The van der Waals surface area contributed by atoms with E-state index in [0.29, 0.717) is 13.1 Å². The average Bonchev–Trinajstić information content (AvgIpc) is 2.68. The van der Waals surface area contributed by atoms with Crippen LogP contribution >= 0.6 is 0 Å². The summed E-state index contributed by atoms with van der Waals surface area (Å²) in [5.41, 5.74) is 5.24. The Morgan fingerprint density at radius 1 is 0.929 bits per heavy atom. The Morgan fingerprint density at radius 3 is 2.39 bits per heavy atom. The highest BCUT2D eigenvalue weighted by Gasteiger charge is 2.24. The summed E-state index contributed by atoms with van der Waals surface area (Å²) in [5.74, 6) is -0.189. The summed E-state index contributed by atoms with van der Waals surface area (Å²) in [6, 6.07) is 14.2. The molecule has 1 aliphatic heterocycles. The van der Waals surface area contributed by atoms with Gasteiger partial charge in [0.25, 0.3) is 11.5 Å². The van der Waals surface area contributed by atoms with Crippen LogP contribution < -0.4 is 10.5 Å². The molecule has 1 aliphatic rings. The first kappa shape index (κ1) is 18.3. The normalized spacial score (nSPS) is 14.5. The largest absolute Gasteiger partial charge is 0.368 e. The first-order valence-corrected chi connectivity index (χ1v) is 9.67. The number of nitrogens with zero attached hydrogens (tertiary/aromatic N) is 2. The molecule has 0 saturated carbocycles. The lowest BCUT2D eigenvalue weighted by molar-refractivity contribution is 0.0745. The SMILES string of the molecule is Cc1cccc(N2CCN(C(=O)c3cc4cc(C)cc(C)c4[nH]c3=O)CC2)c1. The lowest BCUT2D eigenvalue weighted by Crippen LogP contribution is -2.49. The van der Waals surface area contributed by atoms with E-state index in [1.807, 2.05) is 26.0 Å². The van der Waals surface area contributed by atoms with Gasteiger partial charge in [-0.2, -0.15) is 0 Å². The van der Waals surface area contributed by atoms with Gasteiger partial charge in [-0.3, -0.25) is 9.59 Å². The Balaban J connectivity index is 1.56. The molecule has 0 spiro atoms. The van der Waals surface area contributed by atoms with Gasteiger partial charge < -0.3 is 14.8 Å². The second kappa shape index (κ2) is 7.15. The van der Waals surface area contributed by atoms with Gasteiger partial charge in [-0.15, -0.1) is 0 Å². The van der Waals surface area contributed by atoms with Gasteiger partial charge in [-0.1, -0.05) is 23.8 Å². The maximum atomic E-state index is 13.0. The number of aromatic amines is 1. The van der Waals surface area contributed by atoms with E-state index in [4.69, 9.17) is 0 Å². The number of anilines is 1. The standard InChI is InChI=1S/C23H25N3O2/c1-15-5-4-6-19(13-15)25-7-9-26(10-8-25)23(28)20-14-18-12-16(2)11-17(3)21(18)24-22(20)27/h4-6,11-14H,7-10H2,1-3H3,(H,24,27). The van der Waals surface area contributed by atoms with E-state index in [1.54, 1.807) is 11.0 Å². The molecule has 1 fully saturated rings. The molecular formula is C23H25N3O2. The number of carbonyl (C=O) groups excluding carboxylic acids is 1. The molecule has 4 rings (SSSR count). The van der Waals surface area contributed by atoms with Crippen molar-refractivity contribution in [1.29, 1.82) is 0 Å². The van der Waals surface area contributed by atoms with Gasteiger partial charge in [0.1, 0.15) is 5.56 Å². The second-order valence-electron chi connectivity index (χ2n) is 7.68. The number of fused-ring (bicyclic) bond motifs is 1. The lowest BCUT2D eigenvalue weighted by Gasteiger charge is -2.36. The number of aryl methyl sites for hydroxylation is 3. The highest BCUT2D eigenvalue weighted by Crippen LogP contribution is 2.20. The molecule has 5 heteroatoms. The predicted molar refractivity (Wildman–Crippen MR) is 113 cm³/mol. The van der Waals surface area contributed by atoms with Crippen LogP contribution in [0.5, 0.6) is 0 Å². The van der Waals surface area contributed by atoms with Gasteiger partial charge in [0, 0.05) is 31.9 Å². The van der Waals surface area contributed by atoms with Crippen molar-refractivity contribution < 1.29 is 4.79 Å². The number of nitrogens with one attached hydrogen (secondary N) is 1. The molecule has 5 nitrogen and oxygen atoms in total. The first-order valence-electron chi connectivity index (χ1n) is 9.67. The van der Waals surface area contributed by atoms with Crippen LogP contribution in [-0.4, -0.2) is 42.0 Å². The van der Waals surface area contributed by atoms with Crippen molar-refractivity contribution in [1.82, 2.24) is 9.88 Å². The minimum absolute atomic E-state index is 0.189. The van der Waals surface area contributed by atoms with E-state index in [0.717, 1.165) is 35.1 Å². The van der Waals surface area contributed by atoms with Crippen LogP contribution in [0.25, 0.3) is 10.9 Å². The van der Waals surface area contributed by atoms with Crippen molar-refractivity contribution in [3.8, 4) is 0 Å². The fourth-order valence-electron chi connectivity index (χ4n) is 4.01. The molecule has 0 bridgehead atoms. The fraction of sp³-hybridized carbons (Fsp3) is 0.304. The molecule has 1 N–H and O–H groups in total. The molecule has 1 amide bonds. The van der Waals surface area contributed by atoms with E-state index >= 15 is 0 Å². The van der Waals surface area contributed by atoms with Gasteiger partial charge in [0.15, 0.2) is 0 Å². The number of pyridine rings is 1. The smallest absolute Gasteiger partial charge is 0.261 e. The molecule has 0 atom stereocenters. The summed E-state index contributed by atoms with van der Waals surface area (Å²) in [7, 11) is 0. The summed E-state index contributed by atoms with van der Waals surface area (Å²) in [4.78, 5) is 32.6. The molecule has 2 heterocycles. The lowest BCUT2D eigenvalue weighted by atomic mass is 10.0. The summed E-state index contributed by atoms with van der Waals surface area (Å²) in [6.45, 7) is 8.81. The maximum Gasteiger partial charge on any atom is 0.261 e. The number of rotatable bonds is 2. The number of H-pyrrole nitrogens is 1. The minimum atomic E-state index is -0.314. The number of hydrogen-bond acceptors (Lipinski definition) is 3. The van der Waals surface area contributed by atoms with Crippen LogP contribution in [0.15, 0.2) is 47.3 Å². The zero-order valence-electron chi connectivity index (χ0n) is 16.6. The van der Waals surface area contributed by atoms with Crippen molar-refractivity contribution in [2.45, 2.75) is 20.8 Å². The topological polar surface area (TPSA) is 56.4 Å². The van der Waals surface area contributed by atoms with Crippen molar-refractivity contribution in [2.24, 2.45) is 0 Å². The Morgan fingerprint density at radius 2 is 1.68 bits per heavy atom.